The van der Waals surface area contributed by atoms with Gasteiger partial charge in [0.2, 0.25) is 5.91 Å². The van der Waals surface area contributed by atoms with Crippen LogP contribution in [0.1, 0.15) is 64.5 Å². The van der Waals surface area contributed by atoms with Crippen molar-refractivity contribution in [3.8, 4) is 0 Å². The van der Waals surface area contributed by atoms with Gasteiger partial charge in [0, 0.05) is 32.4 Å². The first-order valence-electron chi connectivity index (χ1n) is 12.7. The molecule has 1 aromatic carbocycles. The molecule has 0 radical (unpaired) electrons. The second kappa shape index (κ2) is 11.0. The van der Waals surface area contributed by atoms with Gasteiger partial charge in [-0.15, -0.1) is 0 Å². The number of hydrogen-bond donors (Lipinski definition) is 1. The zero-order chi connectivity index (χ0) is 26.8. The smallest absolute Gasteiger partial charge is 0.397 e. The maximum Gasteiger partial charge on any atom is 0.397 e. The van der Waals surface area contributed by atoms with Crippen LogP contribution in [-0.2, 0) is 20.9 Å². The first-order valence-corrected chi connectivity index (χ1v) is 12.7. The fourth-order valence-electron chi connectivity index (χ4n) is 6.01. The molecule has 0 bridgehead atoms. The van der Waals surface area contributed by atoms with E-state index in [1.165, 1.54) is 11.8 Å². The number of nitrogens with zero attached hydrogens (tertiary/aromatic N) is 1. The van der Waals surface area contributed by atoms with E-state index in [0.29, 0.717) is 6.42 Å². The number of rotatable bonds is 7. The average molecular weight is 510 g/mol. The number of esters is 1. The molecule has 5 nitrogen and oxygen atoms in total. The SMILES string of the molecule is CC(=O)O[C@@H]1C[C@@]2(O)[C@H](C)CC[C@@H]([C@H](C)CN(Cc3ccccc3C)C(=O)CC(F)(F)F)[C@H]2C=C1C. The van der Waals surface area contributed by atoms with Gasteiger partial charge in [-0.3, -0.25) is 9.59 Å². The van der Waals surface area contributed by atoms with Gasteiger partial charge in [-0.2, -0.15) is 13.2 Å². The lowest BCUT2D eigenvalue weighted by molar-refractivity contribution is -0.163. The quantitative estimate of drug-likeness (QED) is 0.385. The van der Waals surface area contributed by atoms with E-state index in [9.17, 15) is 27.9 Å². The minimum Gasteiger partial charge on any atom is -0.458 e. The van der Waals surface area contributed by atoms with Gasteiger partial charge in [-0.05, 0) is 61.1 Å². The van der Waals surface area contributed by atoms with E-state index in [1.807, 2.05) is 58.0 Å². The number of aliphatic hydroxyl groups is 1. The average Bonchev–Trinajstić information content (AvgIpc) is 2.75. The Kier molecular flexibility index (Phi) is 8.59. The van der Waals surface area contributed by atoms with Gasteiger partial charge in [-0.1, -0.05) is 44.2 Å². The molecule has 0 heterocycles. The van der Waals surface area contributed by atoms with Crippen molar-refractivity contribution < 1.29 is 32.6 Å². The summed E-state index contributed by atoms with van der Waals surface area (Å²) in [7, 11) is 0. The van der Waals surface area contributed by atoms with Crippen molar-refractivity contribution in [1.29, 1.82) is 0 Å². The summed E-state index contributed by atoms with van der Waals surface area (Å²) in [5.74, 6) is -1.79. The van der Waals surface area contributed by atoms with E-state index < -0.39 is 36.2 Å². The van der Waals surface area contributed by atoms with Crippen molar-refractivity contribution in [3.05, 3.63) is 47.0 Å². The van der Waals surface area contributed by atoms with Crippen molar-refractivity contribution in [2.24, 2.45) is 23.7 Å². The summed E-state index contributed by atoms with van der Waals surface area (Å²) in [4.78, 5) is 25.7. The maximum atomic E-state index is 13.1. The predicted molar refractivity (Wildman–Crippen MR) is 131 cm³/mol. The van der Waals surface area contributed by atoms with Crippen molar-refractivity contribution in [2.75, 3.05) is 6.54 Å². The molecule has 0 aromatic heterocycles. The zero-order valence-corrected chi connectivity index (χ0v) is 21.8. The van der Waals surface area contributed by atoms with E-state index in [4.69, 9.17) is 4.74 Å². The van der Waals surface area contributed by atoms with E-state index >= 15 is 0 Å². The van der Waals surface area contributed by atoms with Crippen molar-refractivity contribution in [2.45, 2.75) is 84.7 Å². The van der Waals surface area contributed by atoms with E-state index in [-0.39, 0.29) is 36.8 Å². The fraction of sp³-hybridized carbons (Fsp3) is 0.643. The Bertz CT molecular complexity index is 991. The van der Waals surface area contributed by atoms with Crippen molar-refractivity contribution in [3.63, 3.8) is 0 Å². The monoisotopic (exact) mass is 509 g/mol. The number of carbonyl (C=O) groups is 2. The van der Waals surface area contributed by atoms with Gasteiger partial charge in [0.05, 0.1) is 5.60 Å². The lowest BCUT2D eigenvalue weighted by Gasteiger charge is -2.53. The highest BCUT2D eigenvalue weighted by Gasteiger charge is 2.53. The molecule has 3 rings (SSSR count). The Morgan fingerprint density at radius 2 is 1.89 bits per heavy atom. The highest BCUT2D eigenvalue weighted by atomic mass is 19.4. The number of aryl methyl sites for hydroxylation is 1. The Morgan fingerprint density at radius 3 is 2.50 bits per heavy atom. The summed E-state index contributed by atoms with van der Waals surface area (Å²) in [5.41, 5.74) is 1.51. The molecule has 0 saturated heterocycles. The van der Waals surface area contributed by atoms with Gasteiger partial charge < -0.3 is 14.7 Å². The second-order valence-corrected chi connectivity index (χ2v) is 10.8. The fourth-order valence-corrected chi connectivity index (χ4v) is 6.01. The summed E-state index contributed by atoms with van der Waals surface area (Å²) in [5, 5.41) is 11.8. The molecule has 8 heteroatoms. The Balaban J connectivity index is 1.86. The van der Waals surface area contributed by atoms with E-state index in [2.05, 4.69) is 0 Å². The van der Waals surface area contributed by atoms with Crippen molar-refractivity contribution in [1.82, 2.24) is 4.90 Å². The number of ether oxygens (including phenoxy) is 1. The number of alkyl halides is 3. The number of hydrogen-bond acceptors (Lipinski definition) is 4. The molecular weight excluding hydrogens is 471 g/mol. The molecular formula is C28H38F3NO4. The van der Waals surface area contributed by atoms with Gasteiger partial charge >= 0.3 is 12.1 Å². The largest absolute Gasteiger partial charge is 0.458 e. The van der Waals surface area contributed by atoms with Gasteiger partial charge in [0.25, 0.3) is 0 Å². The van der Waals surface area contributed by atoms with Crippen LogP contribution < -0.4 is 0 Å². The Morgan fingerprint density at radius 1 is 1.22 bits per heavy atom. The third-order valence-corrected chi connectivity index (χ3v) is 8.16. The number of halogens is 3. The van der Waals surface area contributed by atoms with Crippen LogP contribution in [0.4, 0.5) is 13.2 Å². The molecule has 1 amide bonds. The van der Waals surface area contributed by atoms with Crippen LogP contribution in [0.5, 0.6) is 0 Å². The molecule has 200 valence electrons. The highest BCUT2D eigenvalue weighted by Crippen LogP contribution is 2.51. The minimum atomic E-state index is -4.58. The second-order valence-electron chi connectivity index (χ2n) is 10.8. The van der Waals surface area contributed by atoms with Crippen LogP contribution in [0.3, 0.4) is 0 Å². The molecule has 6 atom stereocenters. The molecule has 0 spiro atoms. The highest BCUT2D eigenvalue weighted by molar-refractivity contribution is 5.77. The molecule has 1 fully saturated rings. The van der Waals surface area contributed by atoms with Crippen LogP contribution >= 0.6 is 0 Å². The Labute approximate surface area is 211 Å². The van der Waals surface area contributed by atoms with Gasteiger partial charge in [-0.25, -0.2) is 0 Å². The summed E-state index contributed by atoms with van der Waals surface area (Å²) in [6.07, 6.45) is -2.75. The number of carbonyl (C=O) groups excluding carboxylic acids is 2. The third kappa shape index (κ3) is 6.50. The normalized spacial score (nSPS) is 29.1. The van der Waals surface area contributed by atoms with Crippen LogP contribution in [-0.4, -0.2) is 46.3 Å². The molecule has 1 aromatic rings. The molecule has 1 N–H and O–H groups in total. The summed E-state index contributed by atoms with van der Waals surface area (Å²) >= 11 is 0. The maximum absolute atomic E-state index is 13.1. The van der Waals surface area contributed by atoms with Crippen LogP contribution in [0.15, 0.2) is 35.9 Å². The predicted octanol–water partition coefficient (Wildman–Crippen LogP) is 5.59. The summed E-state index contributed by atoms with van der Waals surface area (Å²) in [6.45, 7) is 9.31. The van der Waals surface area contributed by atoms with Crippen LogP contribution in [0, 0.1) is 30.6 Å². The van der Waals surface area contributed by atoms with Gasteiger partial charge in [0.1, 0.15) is 12.5 Å². The number of benzene rings is 1. The minimum absolute atomic E-state index is 0.0247. The third-order valence-electron chi connectivity index (χ3n) is 8.16. The lowest BCUT2D eigenvalue weighted by Crippen LogP contribution is -2.56. The first-order chi connectivity index (χ1) is 16.7. The van der Waals surface area contributed by atoms with Crippen LogP contribution in [0.2, 0.25) is 0 Å². The lowest BCUT2D eigenvalue weighted by atomic mass is 9.57. The molecule has 2 aliphatic rings. The van der Waals surface area contributed by atoms with Crippen LogP contribution in [0.25, 0.3) is 0 Å². The van der Waals surface area contributed by atoms with Gasteiger partial charge in [0.15, 0.2) is 0 Å². The molecule has 2 aliphatic carbocycles. The summed E-state index contributed by atoms with van der Waals surface area (Å²) in [6, 6.07) is 7.38. The molecule has 36 heavy (non-hydrogen) atoms. The topological polar surface area (TPSA) is 66.8 Å². The van der Waals surface area contributed by atoms with Crippen molar-refractivity contribution >= 4 is 11.9 Å². The molecule has 0 unspecified atom stereocenters. The number of amides is 1. The zero-order valence-electron chi connectivity index (χ0n) is 21.8. The molecule has 1 saturated carbocycles. The summed E-state index contributed by atoms with van der Waals surface area (Å²) < 4.78 is 44.9. The first kappa shape index (κ1) is 28.2. The van der Waals surface area contributed by atoms with E-state index in [1.54, 1.807) is 0 Å². The standard InChI is InChI=1S/C28H38F3NO4/c1-17-8-6-7-9-22(17)16-32(26(34)14-28(29,30)31)15-19(3)23-11-10-20(4)27(35)13-25(36-21(5)33)18(2)12-24(23)27/h6-9,12,19-20,23-25,35H,10-11,13-16H2,1-5H3/t19-,20-,23+,24-,25-,27-/m1/s1. The Hall–Kier alpha value is -2.35. The molecule has 0 aliphatic heterocycles. The van der Waals surface area contributed by atoms with E-state index in [0.717, 1.165) is 29.5 Å². The number of fused-ring (bicyclic) bond motifs is 1.